The Labute approximate surface area is 130 Å². The minimum absolute atomic E-state index is 0.266. The van der Waals surface area contributed by atoms with Crippen molar-refractivity contribution >= 4 is 12.2 Å². The van der Waals surface area contributed by atoms with Gasteiger partial charge in [-0.05, 0) is 29.8 Å². The van der Waals surface area contributed by atoms with E-state index in [-0.39, 0.29) is 5.56 Å². The van der Waals surface area contributed by atoms with Gasteiger partial charge in [-0.1, -0.05) is 41.4 Å². The van der Waals surface area contributed by atoms with Crippen molar-refractivity contribution in [3.8, 4) is 11.8 Å². The van der Waals surface area contributed by atoms with Gasteiger partial charge in [0.1, 0.15) is 0 Å². The van der Waals surface area contributed by atoms with Crippen molar-refractivity contribution < 1.29 is 22.8 Å². The number of halogens is 3. The van der Waals surface area contributed by atoms with Crippen LogP contribution in [0.1, 0.15) is 16.7 Å². The van der Waals surface area contributed by atoms with Crippen molar-refractivity contribution in [2.24, 2.45) is 5.16 Å². The SMILES string of the molecule is O=C(C#Cc1ccc(C(F)(F)F)cc1)O/N=C/c1ccccc1. The van der Waals surface area contributed by atoms with Crippen molar-refractivity contribution in [3.05, 3.63) is 71.3 Å². The number of nitrogens with zero attached hydrogens (tertiary/aromatic N) is 1. The Kier molecular flexibility index (Phi) is 5.15. The van der Waals surface area contributed by atoms with Crippen LogP contribution in [-0.4, -0.2) is 12.2 Å². The second kappa shape index (κ2) is 7.27. The van der Waals surface area contributed by atoms with E-state index in [4.69, 9.17) is 0 Å². The molecule has 0 amide bonds. The van der Waals surface area contributed by atoms with Gasteiger partial charge in [0.05, 0.1) is 11.8 Å². The van der Waals surface area contributed by atoms with Gasteiger partial charge in [-0.2, -0.15) is 13.2 Å². The first kappa shape index (κ1) is 16.3. The van der Waals surface area contributed by atoms with Gasteiger partial charge in [-0.15, -0.1) is 0 Å². The molecule has 0 N–H and O–H groups in total. The van der Waals surface area contributed by atoms with E-state index in [0.29, 0.717) is 0 Å². The highest BCUT2D eigenvalue weighted by Gasteiger charge is 2.29. The summed E-state index contributed by atoms with van der Waals surface area (Å²) in [6, 6.07) is 13.1. The fraction of sp³-hybridized carbons (Fsp3) is 0.0588. The molecule has 0 saturated carbocycles. The lowest BCUT2D eigenvalue weighted by molar-refractivity contribution is -0.138. The molecule has 0 aliphatic carbocycles. The van der Waals surface area contributed by atoms with Crippen molar-refractivity contribution in [1.82, 2.24) is 0 Å². The molecule has 0 radical (unpaired) electrons. The van der Waals surface area contributed by atoms with E-state index in [2.05, 4.69) is 21.8 Å². The molecule has 3 nitrogen and oxygen atoms in total. The monoisotopic (exact) mass is 317 g/mol. The van der Waals surface area contributed by atoms with Gasteiger partial charge in [-0.3, -0.25) is 0 Å². The predicted octanol–water partition coefficient (Wildman–Crippen LogP) is 3.63. The van der Waals surface area contributed by atoms with E-state index in [9.17, 15) is 18.0 Å². The number of benzene rings is 2. The Bertz CT molecular complexity index is 754. The molecule has 0 unspecified atom stereocenters. The first-order valence-electron chi connectivity index (χ1n) is 6.44. The first-order chi connectivity index (χ1) is 10.9. The average molecular weight is 317 g/mol. The molecular formula is C17H10F3NO2. The van der Waals surface area contributed by atoms with Gasteiger partial charge in [0.15, 0.2) is 0 Å². The summed E-state index contributed by atoms with van der Waals surface area (Å²) in [7, 11) is 0. The molecule has 116 valence electrons. The van der Waals surface area contributed by atoms with E-state index in [1.54, 1.807) is 24.3 Å². The van der Waals surface area contributed by atoms with Crippen molar-refractivity contribution in [2.75, 3.05) is 0 Å². The lowest BCUT2D eigenvalue weighted by Crippen LogP contribution is -2.04. The Morgan fingerprint density at radius 2 is 1.70 bits per heavy atom. The molecule has 0 fully saturated rings. The number of hydrogen-bond acceptors (Lipinski definition) is 3. The van der Waals surface area contributed by atoms with Gasteiger partial charge in [0.2, 0.25) is 0 Å². The molecule has 0 aliphatic heterocycles. The second-order valence-electron chi connectivity index (χ2n) is 4.35. The fourth-order valence-electron chi connectivity index (χ4n) is 1.56. The second-order valence-corrected chi connectivity index (χ2v) is 4.35. The summed E-state index contributed by atoms with van der Waals surface area (Å²) >= 11 is 0. The fourth-order valence-corrected chi connectivity index (χ4v) is 1.56. The van der Waals surface area contributed by atoms with Gasteiger partial charge < -0.3 is 4.84 Å². The van der Waals surface area contributed by atoms with Crippen LogP contribution in [0.25, 0.3) is 0 Å². The highest BCUT2D eigenvalue weighted by atomic mass is 19.4. The van der Waals surface area contributed by atoms with E-state index in [1.165, 1.54) is 18.3 Å². The minimum Gasteiger partial charge on any atom is -0.305 e. The molecule has 0 spiro atoms. The summed E-state index contributed by atoms with van der Waals surface area (Å²) in [5.74, 6) is 3.64. The maximum atomic E-state index is 12.4. The van der Waals surface area contributed by atoms with Gasteiger partial charge >= 0.3 is 12.1 Å². The normalized spacial score (nSPS) is 10.9. The zero-order valence-electron chi connectivity index (χ0n) is 11.7. The van der Waals surface area contributed by atoms with E-state index in [1.807, 2.05) is 6.07 Å². The quantitative estimate of drug-likeness (QED) is 0.367. The van der Waals surface area contributed by atoms with Crippen LogP contribution in [0, 0.1) is 11.8 Å². The Hall–Kier alpha value is -3.07. The predicted molar refractivity (Wildman–Crippen MR) is 78.5 cm³/mol. The number of carbonyl (C=O) groups is 1. The maximum Gasteiger partial charge on any atom is 0.416 e. The third kappa shape index (κ3) is 5.32. The number of hydrogen-bond donors (Lipinski definition) is 0. The molecule has 2 aromatic rings. The zero-order valence-corrected chi connectivity index (χ0v) is 11.7. The van der Waals surface area contributed by atoms with E-state index in [0.717, 1.165) is 17.7 Å². The molecule has 0 aliphatic rings. The third-order valence-electron chi connectivity index (χ3n) is 2.66. The van der Waals surface area contributed by atoms with E-state index >= 15 is 0 Å². The smallest absolute Gasteiger partial charge is 0.305 e. The third-order valence-corrected chi connectivity index (χ3v) is 2.66. The molecule has 0 saturated heterocycles. The number of carbonyl (C=O) groups excluding carboxylic acids is 1. The molecule has 0 bridgehead atoms. The van der Waals surface area contributed by atoms with Crippen LogP contribution in [-0.2, 0) is 15.8 Å². The number of alkyl halides is 3. The maximum absolute atomic E-state index is 12.4. The summed E-state index contributed by atoms with van der Waals surface area (Å²) in [4.78, 5) is 15.9. The largest absolute Gasteiger partial charge is 0.416 e. The molecular weight excluding hydrogens is 307 g/mol. The average Bonchev–Trinajstić information content (AvgIpc) is 2.53. The van der Waals surface area contributed by atoms with Crippen LogP contribution in [0.2, 0.25) is 0 Å². The summed E-state index contributed by atoms with van der Waals surface area (Å²) in [6.45, 7) is 0. The molecule has 2 aromatic carbocycles. The highest BCUT2D eigenvalue weighted by molar-refractivity contribution is 5.89. The van der Waals surface area contributed by atoms with Gasteiger partial charge in [-0.25, -0.2) is 4.79 Å². The van der Waals surface area contributed by atoms with Gasteiger partial charge in [0, 0.05) is 11.5 Å². The molecule has 2 rings (SSSR count). The van der Waals surface area contributed by atoms with Crippen molar-refractivity contribution in [1.29, 1.82) is 0 Å². The standard InChI is InChI=1S/C17H10F3NO2/c18-17(19,20)15-9-6-13(7-10-15)8-11-16(22)23-21-12-14-4-2-1-3-5-14/h1-7,9-10,12H/b21-12+. The Balaban J connectivity index is 1.93. The highest BCUT2D eigenvalue weighted by Crippen LogP contribution is 2.28. The summed E-state index contributed by atoms with van der Waals surface area (Å²) in [6.07, 6.45) is -3.06. The summed E-state index contributed by atoms with van der Waals surface area (Å²) < 4.78 is 37.2. The van der Waals surface area contributed by atoms with Crippen LogP contribution in [0.3, 0.4) is 0 Å². The van der Waals surface area contributed by atoms with Crippen molar-refractivity contribution in [3.63, 3.8) is 0 Å². The molecule has 0 aromatic heterocycles. The Morgan fingerprint density at radius 1 is 1.04 bits per heavy atom. The first-order valence-corrected chi connectivity index (χ1v) is 6.44. The summed E-state index contributed by atoms with van der Waals surface area (Å²) in [5.41, 5.74) is 0.232. The number of rotatable bonds is 2. The molecule has 23 heavy (non-hydrogen) atoms. The Morgan fingerprint density at radius 3 is 2.30 bits per heavy atom. The molecule has 0 atom stereocenters. The van der Waals surface area contributed by atoms with Crippen LogP contribution < -0.4 is 0 Å². The topological polar surface area (TPSA) is 38.7 Å². The number of oxime groups is 1. The summed E-state index contributed by atoms with van der Waals surface area (Å²) in [5, 5.41) is 3.47. The lowest BCUT2D eigenvalue weighted by Gasteiger charge is -2.05. The van der Waals surface area contributed by atoms with Gasteiger partial charge in [0.25, 0.3) is 0 Å². The zero-order chi connectivity index (χ0) is 16.7. The molecule has 0 heterocycles. The molecule has 6 heteroatoms. The van der Waals surface area contributed by atoms with Crippen LogP contribution in [0.15, 0.2) is 59.8 Å². The van der Waals surface area contributed by atoms with Crippen molar-refractivity contribution in [2.45, 2.75) is 6.18 Å². The lowest BCUT2D eigenvalue weighted by atomic mass is 10.1. The van der Waals surface area contributed by atoms with Crippen LogP contribution in [0.4, 0.5) is 13.2 Å². The minimum atomic E-state index is -4.41. The van der Waals surface area contributed by atoms with Crippen LogP contribution >= 0.6 is 0 Å². The van der Waals surface area contributed by atoms with Crippen LogP contribution in [0.5, 0.6) is 0 Å². The van der Waals surface area contributed by atoms with E-state index < -0.39 is 17.7 Å².